The lowest BCUT2D eigenvalue weighted by Crippen LogP contribution is -2.31. The van der Waals surface area contributed by atoms with Crippen LogP contribution in [0.1, 0.15) is 33.9 Å². The molecule has 190 valence electrons. The van der Waals surface area contributed by atoms with E-state index in [4.69, 9.17) is 14.5 Å². The van der Waals surface area contributed by atoms with Crippen LogP contribution in [0.2, 0.25) is 0 Å². The molecule has 0 radical (unpaired) electrons. The third-order valence-electron chi connectivity index (χ3n) is 7.20. The zero-order chi connectivity index (χ0) is 25.9. The predicted octanol–water partition coefficient (Wildman–Crippen LogP) is 7.11. The van der Waals surface area contributed by atoms with Gasteiger partial charge in [-0.1, -0.05) is 72.8 Å². The van der Waals surface area contributed by atoms with Gasteiger partial charge in [-0.2, -0.15) is 0 Å². The van der Waals surface area contributed by atoms with E-state index in [1.165, 1.54) is 17.7 Å². The number of aromatic nitrogens is 1. The van der Waals surface area contributed by atoms with Crippen molar-refractivity contribution in [3.63, 3.8) is 0 Å². The Balaban J connectivity index is 1.47. The van der Waals surface area contributed by atoms with E-state index >= 15 is 0 Å². The van der Waals surface area contributed by atoms with Crippen LogP contribution in [-0.2, 0) is 19.5 Å². The normalized spacial score (nSPS) is 13.4. The Bertz CT molecular complexity index is 1500. The van der Waals surface area contributed by atoms with Gasteiger partial charge in [0, 0.05) is 42.3 Å². The molecule has 0 spiro atoms. The second-order valence-electron chi connectivity index (χ2n) is 9.63. The molecular weight excluding hydrogens is 475 g/mol. The highest BCUT2D eigenvalue weighted by atomic mass is 19.1. The van der Waals surface area contributed by atoms with Crippen LogP contribution in [-0.4, -0.2) is 23.5 Å². The SMILES string of the molecule is COc1c2c(c(OC(c3ccccc3)c3ccccc3)c3ncccc13)CN(Cc1ccc(F)cc1)CC2. The third kappa shape index (κ3) is 4.73. The largest absolute Gasteiger partial charge is 0.496 e. The fraction of sp³-hybridized carbons (Fsp3) is 0.182. The van der Waals surface area contributed by atoms with E-state index in [1.807, 2.05) is 54.6 Å². The van der Waals surface area contributed by atoms with Gasteiger partial charge in [0.05, 0.1) is 7.11 Å². The molecular formula is C33H29FN2O2. The van der Waals surface area contributed by atoms with Gasteiger partial charge in [0.25, 0.3) is 0 Å². The Hall–Kier alpha value is -4.22. The molecule has 0 unspecified atom stereocenters. The van der Waals surface area contributed by atoms with Crippen LogP contribution in [0.25, 0.3) is 10.9 Å². The standard InChI is InChI=1S/C33H29FN2O2/c1-37-32-27-18-20-36(21-23-14-16-26(34)17-15-23)22-29(27)33(30-28(32)13-8-19-35-30)38-31(24-9-4-2-5-10-24)25-11-6-3-7-12-25/h2-17,19,31H,18,20-22H2,1H3. The molecule has 0 aliphatic carbocycles. The topological polar surface area (TPSA) is 34.6 Å². The van der Waals surface area contributed by atoms with Crippen LogP contribution in [0.3, 0.4) is 0 Å². The van der Waals surface area contributed by atoms with E-state index in [0.29, 0.717) is 6.54 Å². The molecule has 5 heteroatoms. The van der Waals surface area contributed by atoms with Crippen molar-refractivity contribution in [1.29, 1.82) is 0 Å². The molecule has 1 aliphatic rings. The summed E-state index contributed by atoms with van der Waals surface area (Å²) in [6.07, 6.45) is 2.33. The average molecular weight is 505 g/mol. The van der Waals surface area contributed by atoms with Crippen LogP contribution < -0.4 is 9.47 Å². The van der Waals surface area contributed by atoms with Crippen LogP contribution >= 0.6 is 0 Å². The van der Waals surface area contributed by atoms with Gasteiger partial charge in [-0.3, -0.25) is 9.88 Å². The Kier molecular flexibility index (Phi) is 6.76. The molecule has 0 N–H and O–H groups in total. The van der Waals surface area contributed by atoms with E-state index < -0.39 is 0 Å². The van der Waals surface area contributed by atoms with E-state index in [1.54, 1.807) is 13.3 Å². The highest BCUT2D eigenvalue weighted by molar-refractivity contribution is 5.93. The predicted molar refractivity (Wildman–Crippen MR) is 148 cm³/mol. The van der Waals surface area contributed by atoms with Crippen LogP contribution in [0, 0.1) is 5.82 Å². The Morgan fingerprint density at radius 2 is 1.50 bits per heavy atom. The maximum Gasteiger partial charge on any atom is 0.152 e. The minimum Gasteiger partial charge on any atom is -0.496 e. The molecule has 5 aromatic rings. The van der Waals surface area contributed by atoms with Gasteiger partial charge in [-0.25, -0.2) is 4.39 Å². The summed E-state index contributed by atoms with van der Waals surface area (Å²) in [7, 11) is 1.73. The van der Waals surface area contributed by atoms with Crippen LogP contribution in [0.15, 0.2) is 103 Å². The molecule has 38 heavy (non-hydrogen) atoms. The number of methoxy groups -OCH3 is 1. The van der Waals surface area contributed by atoms with Crippen molar-refractivity contribution in [2.45, 2.75) is 25.6 Å². The zero-order valence-electron chi connectivity index (χ0n) is 21.3. The van der Waals surface area contributed by atoms with Crippen molar-refractivity contribution in [3.05, 3.63) is 137 Å². The van der Waals surface area contributed by atoms with Gasteiger partial charge in [-0.05, 0) is 47.4 Å². The highest BCUT2D eigenvalue weighted by Gasteiger charge is 2.29. The molecule has 0 saturated carbocycles. The van der Waals surface area contributed by atoms with E-state index in [2.05, 4.69) is 35.2 Å². The van der Waals surface area contributed by atoms with Gasteiger partial charge in [-0.15, -0.1) is 0 Å². The number of ether oxygens (including phenoxy) is 2. The quantitative estimate of drug-likeness (QED) is 0.237. The summed E-state index contributed by atoms with van der Waals surface area (Å²) >= 11 is 0. The molecule has 0 bridgehead atoms. The number of hydrogen-bond donors (Lipinski definition) is 0. The molecule has 0 fully saturated rings. The van der Waals surface area contributed by atoms with E-state index in [9.17, 15) is 4.39 Å². The van der Waals surface area contributed by atoms with Crippen molar-refractivity contribution >= 4 is 10.9 Å². The Morgan fingerprint density at radius 1 is 0.816 bits per heavy atom. The summed E-state index contributed by atoms with van der Waals surface area (Å²) in [6.45, 7) is 2.27. The minimum absolute atomic E-state index is 0.219. The summed E-state index contributed by atoms with van der Waals surface area (Å²) < 4.78 is 26.5. The summed E-state index contributed by atoms with van der Waals surface area (Å²) in [6, 6.07) is 31.3. The second-order valence-corrected chi connectivity index (χ2v) is 9.63. The van der Waals surface area contributed by atoms with Crippen molar-refractivity contribution in [1.82, 2.24) is 9.88 Å². The van der Waals surface area contributed by atoms with Crippen molar-refractivity contribution in [3.8, 4) is 11.5 Å². The third-order valence-corrected chi connectivity index (χ3v) is 7.20. The monoisotopic (exact) mass is 504 g/mol. The van der Waals surface area contributed by atoms with Crippen molar-refractivity contribution in [2.75, 3.05) is 13.7 Å². The first kappa shape index (κ1) is 24.1. The first-order chi connectivity index (χ1) is 18.7. The summed E-state index contributed by atoms with van der Waals surface area (Å²) in [4.78, 5) is 7.16. The Labute approximate surface area is 222 Å². The molecule has 4 nitrogen and oxygen atoms in total. The lowest BCUT2D eigenvalue weighted by Gasteiger charge is -2.33. The Morgan fingerprint density at radius 3 is 2.16 bits per heavy atom. The number of pyridine rings is 1. The number of fused-ring (bicyclic) bond motifs is 2. The second kappa shape index (κ2) is 10.6. The zero-order valence-corrected chi connectivity index (χ0v) is 21.3. The fourth-order valence-corrected chi connectivity index (χ4v) is 5.40. The van der Waals surface area contributed by atoms with Gasteiger partial charge in [0.1, 0.15) is 23.2 Å². The molecule has 0 amide bonds. The summed E-state index contributed by atoms with van der Waals surface area (Å²) in [5.74, 6) is 1.44. The van der Waals surface area contributed by atoms with Crippen LogP contribution in [0.5, 0.6) is 11.5 Å². The lowest BCUT2D eigenvalue weighted by molar-refractivity contribution is 0.217. The molecule has 1 aromatic heterocycles. The average Bonchev–Trinajstić information content (AvgIpc) is 2.97. The molecule has 6 rings (SSSR count). The highest BCUT2D eigenvalue weighted by Crippen LogP contribution is 2.44. The lowest BCUT2D eigenvalue weighted by atomic mass is 9.93. The van der Waals surface area contributed by atoms with Gasteiger partial charge in [0.15, 0.2) is 5.75 Å². The molecule has 2 heterocycles. The maximum absolute atomic E-state index is 13.5. The summed E-state index contributed by atoms with van der Waals surface area (Å²) in [5.41, 5.74) is 6.28. The number of nitrogens with zero attached hydrogens (tertiary/aromatic N) is 2. The first-order valence-corrected chi connectivity index (χ1v) is 12.9. The fourth-order valence-electron chi connectivity index (χ4n) is 5.40. The van der Waals surface area contributed by atoms with E-state index in [-0.39, 0.29) is 11.9 Å². The van der Waals surface area contributed by atoms with Gasteiger partial charge < -0.3 is 9.47 Å². The number of benzene rings is 4. The van der Waals surface area contributed by atoms with Crippen molar-refractivity contribution < 1.29 is 13.9 Å². The summed E-state index contributed by atoms with van der Waals surface area (Å²) in [5, 5.41) is 0.954. The smallest absolute Gasteiger partial charge is 0.152 e. The molecule has 0 atom stereocenters. The number of halogens is 1. The first-order valence-electron chi connectivity index (χ1n) is 12.9. The molecule has 0 saturated heterocycles. The number of hydrogen-bond acceptors (Lipinski definition) is 4. The minimum atomic E-state index is -0.299. The van der Waals surface area contributed by atoms with E-state index in [0.717, 1.165) is 64.2 Å². The van der Waals surface area contributed by atoms with Crippen molar-refractivity contribution in [2.24, 2.45) is 0 Å². The van der Waals surface area contributed by atoms with Gasteiger partial charge >= 0.3 is 0 Å². The van der Waals surface area contributed by atoms with Gasteiger partial charge in [0.2, 0.25) is 0 Å². The molecule has 4 aromatic carbocycles. The number of rotatable bonds is 7. The molecule has 1 aliphatic heterocycles. The van der Waals surface area contributed by atoms with Crippen LogP contribution in [0.4, 0.5) is 4.39 Å². The maximum atomic E-state index is 13.5.